The lowest BCUT2D eigenvalue weighted by Gasteiger charge is -2.20. The first-order valence-electron chi connectivity index (χ1n) is 6.67. The average Bonchev–Trinajstić information content (AvgIpc) is 2.53. The molecule has 0 heterocycles. The normalized spacial score (nSPS) is 12.8. The van der Waals surface area contributed by atoms with Crippen molar-refractivity contribution in [3.63, 3.8) is 0 Å². The molecular formula is C17H14O3S. The lowest BCUT2D eigenvalue weighted by Crippen LogP contribution is -2.22. The molecule has 0 unspecified atom stereocenters. The summed E-state index contributed by atoms with van der Waals surface area (Å²) in [6.45, 7) is 0.515. The second-order valence-corrected chi connectivity index (χ2v) is 5.71. The van der Waals surface area contributed by atoms with Gasteiger partial charge in [-0.3, -0.25) is 9.59 Å². The molecule has 2 aromatic carbocycles. The van der Waals surface area contributed by atoms with Crippen molar-refractivity contribution in [1.82, 2.24) is 0 Å². The van der Waals surface area contributed by atoms with Gasteiger partial charge < -0.3 is 4.74 Å². The van der Waals surface area contributed by atoms with Crippen LogP contribution < -0.4 is 4.74 Å². The van der Waals surface area contributed by atoms with Crippen LogP contribution in [-0.2, 0) is 0 Å². The first-order chi connectivity index (χ1) is 10.2. The quantitative estimate of drug-likeness (QED) is 0.694. The van der Waals surface area contributed by atoms with Gasteiger partial charge in [-0.25, -0.2) is 0 Å². The molecule has 0 aromatic heterocycles. The summed E-state index contributed by atoms with van der Waals surface area (Å²) >= 11 is 1.67. The summed E-state index contributed by atoms with van der Waals surface area (Å²) in [5.41, 5.74) is 1.75. The molecule has 1 aliphatic rings. The van der Waals surface area contributed by atoms with Gasteiger partial charge in [-0.05, 0) is 12.3 Å². The highest BCUT2D eigenvalue weighted by atomic mass is 32.2. The van der Waals surface area contributed by atoms with Crippen LogP contribution in [0.5, 0.6) is 5.75 Å². The Hall–Kier alpha value is -2.07. The van der Waals surface area contributed by atoms with Crippen LogP contribution in [0.15, 0.2) is 42.5 Å². The Morgan fingerprint density at radius 1 is 0.905 bits per heavy atom. The van der Waals surface area contributed by atoms with Crippen LogP contribution in [0.1, 0.15) is 31.8 Å². The largest absolute Gasteiger partial charge is 0.492 e. The van der Waals surface area contributed by atoms with E-state index in [1.54, 1.807) is 54.2 Å². The lowest BCUT2D eigenvalue weighted by atomic mass is 9.84. The zero-order valence-electron chi connectivity index (χ0n) is 11.6. The molecule has 0 N–H and O–H groups in total. The van der Waals surface area contributed by atoms with Crippen molar-refractivity contribution in [2.24, 2.45) is 0 Å². The van der Waals surface area contributed by atoms with Gasteiger partial charge in [0.2, 0.25) is 0 Å². The average molecular weight is 298 g/mol. The van der Waals surface area contributed by atoms with E-state index in [2.05, 4.69) is 0 Å². The fraction of sp³-hybridized carbons (Fsp3) is 0.176. The number of carbonyl (C=O) groups is 2. The molecule has 2 aromatic rings. The van der Waals surface area contributed by atoms with Crippen LogP contribution in [0.4, 0.5) is 0 Å². The molecule has 0 saturated heterocycles. The van der Waals surface area contributed by atoms with Gasteiger partial charge in [-0.1, -0.05) is 36.4 Å². The zero-order chi connectivity index (χ0) is 14.8. The summed E-state index contributed by atoms with van der Waals surface area (Å²) in [5, 5.41) is 0. The third kappa shape index (κ3) is 2.36. The predicted molar refractivity (Wildman–Crippen MR) is 83.6 cm³/mol. The standard InChI is InChI=1S/C17H14O3S/c1-21-10-9-20-14-8-4-7-13-15(14)17(19)12-6-3-2-5-11(12)16(13)18/h2-8H,9-10H2,1H3. The first-order valence-corrected chi connectivity index (χ1v) is 8.06. The molecule has 1 aliphatic carbocycles. The molecule has 0 spiro atoms. The highest BCUT2D eigenvalue weighted by Crippen LogP contribution is 2.33. The third-order valence-electron chi connectivity index (χ3n) is 3.46. The Bertz CT molecular complexity index is 722. The van der Waals surface area contributed by atoms with Gasteiger partial charge in [0.25, 0.3) is 0 Å². The summed E-state index contributed by atoms with van der Waals surface area (Å²) in [4.78, 5) is 25.2. The number of benzene rings is 2. The van der Waals surface area contributed by atoms with Crippen LogP contribution in [0.2, 0.25) is 0 Å². The predicted octanol–water partition coefficient (Wildman–Crippen LogP) is 3.20. The number of ether oxygens (including phenoxy) is 1. The fourth-order valence-corrected chi connectivity index (χ4v) is 2.72. The summed E-state index contributed by atoms with van der Waals surface area (Å²) in [6, 6.07) is 12.1. The monoisotopic (exact) mass is 298 g/mol. The molecule has 0 aliphatic heterocycles. The van der Waals surface area contributed by atoms with Crippen molar-refractivity contribution < 1.29 is 14.3 Å². The van der Waals surface area contributed by atoms with E-state index in [-0.39, 0.29) is 11.6 Å². The van der Waals surface area contributed by atoms with E-state index in [0.29, 0.717) is 34.6 Å². The Morgan fingerprint density at radius 3 is 2.29 bits per heavy atom. The molecule has 106 valence electrons. The molecule has 4 heteroatoms. The van der Waals surface area contributed by atoms with Crippen LogP contribution in [-0.4, -0.2) is 30.2 Å². The maximum absolute atomic E-state index is 12.7. The molecule has 21 heavy (non-hydrogen) atoms. The Kier molecular flexibility index (Phi) is 3.80. The Labute approximate surface area is 127 Å². The zero-order valence-corrected chi connectivity index (χ0v) is 12.4. The minimum Gasteiger partial charge on any atom is -0.492 e. The number of fused-ring (bicyclic) bond motifs is 2. The fourth-order valence-electron chi connectivity index (χ4n) is 2.47. The molecular weight excluding hydrogens is 284 g/mol. The molecule has 0 radical (unpaired) electrons. The molecule has 0 amide bonds. The molecule has 3 rings (SSSR count). The van der Waals surface area contributed by atoms with Crippen LogP contribution >= 0.6 is 11.8 Å². The van der Waals surface area contributed by atoms with Crippen molar-refractivity contribution >= 4 is 23.3 Å². The van der Waals surface area contributed by atoms with E-state index in [0.717, 1.165) is 5.75 Å². The first kappa shape index (κ1) is 13.9. The van der Waals surface area contributed by atoms with E-state index in [1.165, 1.54) is 0 Å². The number of thioether (sulfide) groups is 1. The van der Waals surface area contributed by atoms with Gasteiger partial charge in [0.1, 0.15) is 5.75 Å². The molecule has 0 atom stereocenters. The van der Waals surface area contributed by atoms with Gasteiger partial charge in [0.15, 0.2) is 11.6 Å². The maximum Gasteiger partial charge on any atom is 0.198 e. The van der Waals surface area contributed by atoms with Gasteiger partial charge in [-0.15, -0.1) is 0 Å². The Morgan fingerprint density at radius 2 is 1.57 bits per heavy atom. The van der Waals surface area contributed by atoms with Crippen LogP contribution in [0, 0.1) is 0 Å². The number of hydrogen-bond donors (Lipinski definition) is 0. The van der Waals surface area contributed by atoms with Crippen molar-refractivity contribution in [3.05, 3.63) is 64.7 Å². The number of hydrogen-bond acceptors (Lipinski definition) is 4. The van der Waals surface area contributed by atoms with Crippen molar-refractivity contribution in [1.29, 1.82) is 0 Å². The molecule has 0 fully saturated rings. The number of ketones is 2. The van der Waals surface area contributed by atoms with Crippen LogP contribution in [0.3, 0.4) is 0 Å². The molecule has 3 nitrogen and oxygen atoms in total. The van der Waals surface area contributed by atoms with Gasteiger partial charge in [0.05, 0.1) is 12.2 Å². The van der Waals surface area contributed by atoms with Gasteiger partial charge in [-0.2, -0.15) is 11.8 Å². The minimum absolute atomic E-state index is 0.115. The SMILES string of the molecule is CSCCOc1cccc2c1C(=O)c1ccccc1C2=O. The highest BCUT2D eigenvalue weighted by Gasteiger charge is 2.31. The number of rotatable bonds is 4. The van der Waals surface area contributed by atoms with Crippen molar-refractivity contribution in [2.45, 2.75) is 0 Å². The van der Waals surface area contributed by atoms with E-state index >= 15 is 0 Å². The molecule has 0 saturated carbocycles. The van der Waals surface area contributed by atoms with E-state index in [4.69, 9.17) is 4.74 Å². The van der Waals surface area contributed by atoms with Gasteiger partial charge >= 0.3 is 0 Å². The summed E-state index contributed by atoms with van der Waals surface area (Å²) in [5.74, 6) is 1.08. The minimum atomic E-state index is -0.139. The van der Waals surface area contributed by atoms with Gasteiger partial charge in [0, 0.05) is 22.4 Å². The topological polar surface area (TPSA) is 43.4 Å². The molecule has 0 bridgehead atoms. The van der Waals surface area contributed by atoms with E-state index < -0.39 is 0 Å². The smallest absolute Gasteiger partial charge is 0.198 e. The summed E-state index contributed by atoms with van der Waals surface area (Å²) < 4.78 is 5.68. The number of carbonyl (C=O) groups excluding carboxylic acids is 2. The van der Waals surface area contributed by atoms with E-state index in [1.807, 2.05) is 6.26 Å². The van der Waals surface area contributed by atoms with Crippen molar-refractivity contribution in [3.8, 4) is 5.75 Å². The van der Waals surface area contributed by atoms with E-state index in [9.17, 15) is 9.59 Å². The second-order valence-electron chi connectivity index (χ2n) is 4.72. The maximum atomic E-state index is 12.7. The Balaban J connectivity index is 2.08. The second kappa shape index (κ2) is 5.74. The highest BCUT2D eigenvalue weighted by molar-refractivity contribution is 7.98. The van der Waals surface area contributed by atoms with Crippen molar-refractivity contribution in [2.75, 3.05) is 18.6 Å². The van der Waals surface area contributed by atoms with Crippen LogP contribution in [0.25, 0.3) is 0 Å². The summed E-state index contributed by atoms with van der Waals surface area (Å²) in [6.07, 6.45) is 1.99. The summed E-state index contributed by atoms with van der Waals surface area (Å²) in [7, 11) is 0. The third-order valence-corrected chi connectivity index (χ3v) is 4.03. The lowest BCUT2D eigenvalue weighted by molar-refractivity contribution is 0.0976.